The number of nitrogens with one attached hydrogen (secondary N) is 2. The molecule has 0 radical (unpaired) electrons. The summed E-state index contributed by atoms with van der Waals surface area (Å²) in [7, 11) is 0. The molecule has 6 N–H and O–H groups in total. The number of cyclic esters (lactones) is 1. The number of rotatable bonds is 8. The van der Waals surface area contributed by atoms with Crippen LogP contribution in [0, 0.1) is 0 Å². The molecule has 1 aliphatic heterocycles. The number of carbonyl (C=O) groups excluding carboxylic acids is 2. The summed E-state index contributed by atoms with van der Waals surface area (Å²) < 4.78 is 5.53. The molecule has 1 heterocycles. The number of anilines is 3. The van der Waals surface area contributed by atoms with Crippen molar-refractivity contribution in [1.29, 1.82) is 0 Å². The minimum Gasteiger partial charge on any atom is -0.442 e. The molecule has 8 nitrogen and oxygen atoms in total. The van der Waals surface area contributed by atoms with Crippen LogP contribution in [0.1, 0.15) is 33.8 Å². The van der Waals surface area contributed by atoms with Crippen LogP contribution in [0.4, 0.5) is 21.9 Å². The van der Waals surface area contributed by atoms with Crippen molar-refractivity contribution in [1.82, 2.24) is 4.90 Å². The van der Waals surface area contributed by atoms with Crippen LogP contribution in [-0.2, 0) is 11.3 Å². The maximum atomic E-state index is 12.5. The van der Waals surface area contributed by atoms with E-state index in [0.29, 0.717) is 48.5 Å². The van der Waals surface area contributed by atoms with E-state index < -0.39 is 0 Å². The minimum atomic E-state index is -0.337. The number of para-hydroxylation sites is 2. The number of hydrogen-bond donors (Lipinski definition) is 4. The molecule has 35 heavy (non-hydrogen) atoms. The maximum Gasteiger partial charge on any atom is 0.410 e. The smallest absolute Gasteiger partial charge is 0.410 e. The number of ether oxygens (including phenoxy) is 1. The molecule has 3 atom stereocenters. The first-order valence-electron chi connectivity index (χ1n) is 11.8. The zero-order valence-corrected chi connectivity index (χ0v) is 19.3. The van der Waals surface area contributed by atoms with Crippen molar-refractivity contribution in [3.63, 3.8) is 0 Å². The fourth-order valence-corrected chi connectivity index (χ4v) is 4.28. The number of carbonyl (C=O) groups is 2. The van der Waals surface area contributed by atoms with Gasteiger partial charge in [0.25, 0.3) is 5.91 Å². The van der Waals surface area contributed by atoms with E-state index in [1.54, 1.807) is 29.2 Å². The summed E-state index contributed by atoms with van der Waals surface area (Å²) in [5.41, 5.74) is 16.6. The van der Waals surface area contributed by atoms with Crippen molar-refractivity contribution in [2.45, 2.75) is 31.0 Å². The van der Waals surface area contributed by atoms with Gasteiger partial charge in [-0.25, -0.2) is 4.79 Å². The highest BCUT2D eigenvalue weighted by atomic mass is 16.6. The molecule has 1 saturated heterocycles. The predicted molar refractivity (Wildman–Crippen MR) is 136 cm³/mol. The van der Waals surface area contributed by atoms with Crippen molar-refractivity contribution < 1.29 is 14.3 Å². The van der Waals surface area contributed by atoms with Crippen LogP contribution >= 0.6 is 0 Å². The van der Waals surface area contributed by atoms with Crippen LogP contribution in [0.5, 0.6) is 0 Å². The molecule has 2 aliphatic rings. The third-order valence-corrected chi connectivity index (χ3v) is 6.46. The van der Waals surface area contributed by atoms with E-state index in [-0.39, 0.29) is 18.1 Å². The summed E-state index contributed by atoms with van der Waals surface area (Å²) in [6, 6.07) is 22.9. The van der Waals surface area contributed by atoms with Crippen molar-refractivity contribution in [2.24, 2.45) is 5.73 Å². The van der Waals surface area contributed by atoms with Gasteiger partial charge in [0.1, 0.15) is 6.10 Å². The Labute approximate surface area is 204 Å². The average molecular weight is 472 g/mol. The Morgan fingerprint density at radius 2 is 1.74 bits per heavy atom. The van der Waals surface area contributed by atoms with Crippen molar-refractivity contribution in [3.8, 4) is 0 Å². The number of benzene rings is 3. The van der Waals surface area contributed by atoms with Gasteiger partial charge in [0.2, 0.25) is 0 Å². The number of hydrogen-bond acceptors (Lipinski definition) is 6. The van der Waals surface area contributed by atoms with Gasteiger partial charge in [0.15, 0.2) is 0 Å². The summed E-state index contributed by atoms with van der Waals surface area (Å²) >= 11 is 0. The molecule has 0 bridgehead atoms. The minimum absolute atomic E-state index is 0.236. The summed E-state index contributed by atoms with van der Waals surface area (Å²) in [5.74, 6) is 0.244. The molecule has 1 aliphatic carbocycles. The van der Waals surface area contributed by atoms with E-state index in [4.69, 9.17) is 16.2 Å². The molecule has 0 aromatic heterocycles. The Morgan fingerprint density at radius 3 is 2.43 bits per heavy atom. The van der Waals surface area contributed by atoms with E-state index in [2.05, 4.69) is 22.8 Å². The molecule has 2 unspecified atom stereocenters. The van der Waals surface area contributed by atoms with E-state index in [9.17, 15) is 9.59 Å². The van der Waals surface area contributed by atoms with Crippen LogP contribution in [-0.4, -0.2) is 42.1 Å². The van der Waals surface area contributed by atoms with Gasteiger partial charge >= 0.3 is 6.09 Å². The van der Waals surface area contributed by atoms with Gasteiger partial charge < -0.3 is 31.7 Å². The first-order valence-corrected chi connectivity index (χ1v) is 11.8. The summed E-state index contributed by atoms with van der Waals surface area (Å²) in [5, 5.41) is 6.16. The standard InChI is InChI=1S/C27H29N5O3/c28-23-3-1-2-4-25(23)31-26(33)19-7-5-17(6-8-19)15-32-16-21(35-27(32)34)14-30-20-11-9-18(10-12-20)22-13-24(22)29/h1-12,21-22,24,30H,13-16,28-29H2,(H,31,33)/t21?,22?,24-/m0/s1. The Morgan fingerprint density at radius 1 is 1.03 bits per heavy atom. The van der Waals surface area contributed by atoms with Gasteiger partial charge in [-0.3, -0.25) is 4.79 Å². The van der Waals surface area contributed by atoms with Crippen LogP contribution in [0.25, 0.3) is 0 Å². The van der Waals surface area contributed by atoms with Gasteiger partial charge in [-0.1, -0.05) is 36.4 Å². The number of nitrogens with two attached hydrogens (primary N) is 2. The predicted octanol–water partition coefficient (Wildman–Crippen LogP) is 3.77. The number of nitrogens with zero attached hydrogens (tertiary/aromatic N) is 1. The third kappa shape index (κ3) is 5.38. The fraction of sp³-hybridized carbons (Fsp3) is 0.259. The highest BCUT2D eigenvalue weighted by Crippen LogP contribution is 2.39. The number of nitrogen functional groups attached to an aromatic ring is 1. The van der Waals surface area contributed by atoms with Crippen LogP contribution in [0.15, 0.2) is 72.8 Å². The van der Waals surface area contributed by atoms with E-state index in [0.717, 1.165) is 17.7 Å². The van der Waals surface area contributed by atoms with E-state index >= 15 is 0 Å². The second-order valence-corrected chi connectivity index (χ2v) is 9.13. The molecule has 0 spiro atoms. The lowest BCUT2D eigenvalue weighted by molar-refractivity contribution is 0.102. The lowest BCUT2D eigenvalue weighted by atomic mass is 10.1. The SMILES string of the molecule is Nc1ccccc1NC(=O)c1ccc(CN2CC(CNc3ccc(C4C[C@@H]4N)cc3)OC2=O)cc1. The first-order chi connectivity index (χ1) is 17.0. The van der Waals surface area contributed by atoms with E-state index in [1.807, 2.05) is 36.4 Å². The van der Waals surface area contributed by atoms with Crippen molar-refractivity contribution in [2.75, 3.05) is 29.5 Å². The molecule has 3 aromatic carbocycles. The number of amides is 2. The summed E-state index contributed by atoms with van der Waals surface area (Å²) in [6.07, 6.45) is 0.482. The highest BCUT2D eigenvalue weighted by Gasteiger charge is 2.34. The van der Waals surface area contributed by atoms with Crippen LogP contribution < -0.4 is 22.1 Å². The second-order valence-electron chi connectivity index (χ2n) is 9.13. The second kappa shape index (κ2) is 9.68. The van der Waals surface area contributed by atoms with Crippen molar-refractivity contribution >= 4 is 29.1 Å². The Hall–Kier alpha value is -4.04. The topological polar surface area (TPSA) is 123 Å². The van der Waals surface area contributed by atoms with Gasteiger partial charge in [0.05, 0.1) is 24.5 Å². The van der Waals surface area contributed by atoms with Gasteiger partial charge in [-0.2, -0.15) is 0 Å². The third-order valence-electron chi connectivity index (χ3n) is 6.46. The largest absolute Gasteiger partial charge is 0.442 e. The Kier molecular flexibility index (Phi) is 6.29. The zero-order valence-electron chi connectivity index (χ0n) is 19.3. The first kappa shape index (κ1) is 22.7. The lowest BCUT2D eigenvalue weighted by Gasteiger charge is -2.14. The quantitative estimate of drug-likeness (QED) is 0.371. The molecular weight excluding hydrogens is 442 g/mol. The van der Waals surface area contributed by atoms with Crippen LogP contribution in [0.3, 0.4) is 0 Å². The van der Waals surface area contributed by atoms with Gasteiger partial charge in [-0.15, -0.1) is 0 Å². The molecule has 8 heteroatoms. The summed E-state index contributed by atoms with van der Waals surface area (Å²) in [4.78, 5) is 26.5. The molecule has 3 aromatic rings. The van der Waals surface area contributed by atoms with Gasteiger partial charge in [-0.05, 0) is 53.9 Å². The highest BCUT2D eigenvalue weighted by molar-refractivity contribution is 6.05. The van der Waals surface area contributed by atoms with Crippen molar-refractivity contribution in [3.05, 3.63) is 89.5 Å². The molecule has 5 rings (SSSR count). The zero-order chi connectivity index (χ0) is 24.4. The average Bonchev–Trinajstić information content (AvgIpc) is 3.50. The molecular formula is C27H29N5O3. The van der Waals surface area contributed by atoms with E-state index in [1.165, 1.54) is 5.56 Å². The normalized spacial score (nSPS) is 20.9. The Balaban J connectivity index is 1.11. The lowest BCUT2D eigenvalue weighted by Crippen LogP contribution is -2.27. The van der Waals surface area contributed by atoms with Gasteiger partial charge in [0, 0.05) is 29.8 Å². The fourth-order valence-electron chi connectivity index (χ4n) is 4.28. The summed E-state index contributed by atoms with van der Waals surface area (Å²) in [6.45, 7) is 1.45. The monoisotopic (exact) mass is 471 g/mol. The van der Waals surface area contributed by atoms with Crippen LogP contribution in [0.2, 0.25) is 0 Å². The maximum absolute atomic E-state index is 12.5. The molecule has 1 saturated carbocycles. The molecule has 2 amide bonds. The molecule has 180 valence electrons. The Bertz CT molecular complexity index is 1210. The molecule has 2 fully saturated rings.